The first-order valence-electron chi connectivity index (χ1n) is 9.91. The lowest BCUT2D eigenvalue weighted by atomic mass is 10.1. The molecule has 1 aliphatic heterocycles. The quantitative estimate of drug-likeness (QED) is 0.619. The Balaban J connectivity index is 1.42. The fourth-order valence-corrected chi connectivity index (χ4v) is 3.25. The van der Waals surface area contributed by atoms with Crippen LogP contribution >= 0.6 is 0 Å². The molecular weight excluding hydrogens is 394 g/mol. The van der Waals surface area contributed by atoms with Crippen LogP contribution in [0.1, 0.15) is 28.9 Å². The maximum absolute atomic E-state index is 12.7. The molecule has 0 aliphatic carbocycles. The van der Waals surface area contributed by atoms with E-state index in [1.54, 1.807) is 42.3 Å². The number of fused-ring (bicyclic) bond motifs is 1. The van der Waals surface area contributed by atoms with E-state index in [-0.39, 0.29) is 24.8 Å². The van der Waals surface area contributed by atoms with Crippen LogP contribution in [0.4, 0.5) is 16.2 Å². The summed E-state index contributed by atoms with van der Waals surface area (Å²) in [5, 5.41) is 5.77. The summed E-state index contributed by atoms with van der Waals surface area (Å²) in [4.78, 5) is 26.8. The number of nitrogens with zero attached hydrogens (tertiary/aromatic N) is 1. The lowest BCUT2D eigenvalue weighted by Gasteiger charge is -2.26. The zero-order valence-electron chi connectivity index (χ0n) is 17.3. The molecule has 7 heteroatoms. The molecule has 3 aromatic carbocycles. The Labute approximate surface area is 180 Å². The third-order valence-corrected chi connectivity index (χ3v) is 5.19. The Morgan fingerprint density at radius 2 is 1.61 bits per heavy atom. The van der Waals surface area contributed by atoms with E-state index in [4.69, 9.17) is 9.47 Å². The second-order valence-corrected chi connectivity index (χ2v) is 7.23. The second-order valence-electron chi connectivity index (χ2n) is 7.23. The van der Waals surface area contributed by atoms with Gasteiger partial charge in [-0.2, -0.15) is 0 Å². The summed E-state index contributed by atoms with van der Waals surface area (Å²) in [6.45, 7) is 2.11. The van der Waals surface area contributed by atoms with Crippen LogP contribution < -0.4 is 20.1 Å². The molecule has 0 radical (unpaired) electrons. The molecule has 1 heterocycles. The maximum atomic E-state index is 12.7. The molecule has 0 aromatic heterocycles. The smallest absolute Gasteiger partial charge is 0.322 e. The first-order valence-corrected chi connectivity index (χ1v) is 9.91. The van der Waals surface area contributed by atoms with Crippen molar-refractivity contribution in [1.29, 1.82) is 0 Å². The summed E-state index contributed by atoms with van der Waals surface area (Å²) in [7, 11) is 1.72. The van der Waals surface area contributed by atoms with Gasteiger partial charge in [0.25, 0.3) is 5.91 Å². The van der Waals surface area contributed by atoms with Gasteiger partial charge in [-0.1, -0.05) is 30.3 Å². The molecular formula is C24H23N3O4. The lowest BCUT2D eigenvalue weighted by molar-refractivity contribution is 0.102. The van der Waals surface area contributed by atoms with Gasteiger partial charge >= 0.3 is 6.03 Å². The van der Waals surface area contributed by atoms with Crippen molar-refractivity contribution >= 4 is 23.3 Å². The normalized spacial score (nSPS) is 12.7. The van der Waals surface area contributed by atoms with Gasteiger partial charge in [0.15, 0.2) is 11.5 Å². The van der Waals surface area contributed by atoms with Crippen molar-refractivity contribution in [3.05, 3.63) is 83.9 Å². The highest BCUT2D eigenvalue weighted by Gasteiger charge is 2.20. The second kappa shape index (κ2) is 8.79. The SMILES string of the molecule is CC(c1cccc(NC(=O)c2ccccc2)c1)N(C)C(=O)Nc1ccc2c(c1)OCO2. The largest absolute Gasteiger partial charge is 0.454 e. The van der Waals surface area contributed by atoms with Gasteiger partial charge in [-0.15, -0.1) is 0 Å². The Morgan fingerprint density at radius 3 is 2.42 bits per heavy atom. The number of rotatable bonds is 5. The molecule has 7 nitrogen and oxygen atoms in total. The summed E-state index contributed by atoms with van der Waals surface area (Å²) in [6, 6.07) is 21.3. The summed E-state index contributed by atoms with van der Waals surface area (Å²) in [5.41, 5.74) is 2.77. The Bertz CT molecular complexity index is 1100. The van der Waals surface area contributed by atoms with E-state index in [1.165, 1.54) is 0 Å². The molecule has 1 aliphatic rings. The standard InChI is InChI=1S/C24H23N3O4/c1-16(27(2)24(29)26-20-11-12-21-22(14-20)31-15-30-21)18-9-6-10-19(13-18)25-23(28)17-7-4-3-5-8-17/h3-14,16H,15H2,1-2H3,(H,25,28)(H,26,29). The van der Waals surface area contributed by atoms with Crippen molar-refractivity contribution in [3.63, 3.8) is 0 Å². The van der Waals surface area contributed by atoms with E-state index in [0.717, 1.165) is 5.56 Å². The van der Waals surface area contributed by atoms with E-state index in [9.17, 15) is 9.59 Å². The summed E-state index contributed by atoms with van der Waals surface area (Å²) in [6.07, 6.45) is 0. The van der Waals surface area contributed by atoms with Crippen molar-refractivity contribution in [2.24, 2.45) is 0 Å². The van der Waals surface area contributed by atoms with Gasteiger partial charge in [-0.3, -0.25) is 4.79 Å². The van der Waals surface area contributed by atoms with E-state index in [2.05, 4.69) is 10.6 Å². The van der Waals surface area contributed by atoms with Crippen LogP contribution in [0.5, 0.6) is 11.5 Å². The molecule has 2 N–H and O–H groups in total. The van der Waals surface area contributed by atoms with Gasteiger partial charge in [0.1, 0.15) is 0 Å². The van der Waals surface area contributed by atoms with E-state index >= 15 is 0 Å². The van der Waals surface area contributed by atoms with Crippen LogP contribution in [0.25, 0.3) is 0 Å². The number of anilines is 2. The van der Waals surface area contributed by atoms with Crippen LogP contribution in [0.15, 0.2) is 72.8 Å². The first-order chi connectivity index (χ1) is 15.0. The van der Waals surface area contributed by atoms with Crippen molar-refractivity contribution in [1.82, 2.24) is 4.90 Å². The summed E-state index contributed by atoms with van der Waals surface area (Å²) in [5.74, 6) is 1.09. The van der Waals surface area contributed by atoms with Crippen LogP contribution in [0, 0.1) is 0 Å². The maximum Gasteiger partial charge on any atom is 0.322 e. The average Bonchev–Trinajstić information content (AvgIpc) is 3.26. The first kappa shape index (κ1) is 20.3. The van der Waals surface area contributed by atoms with Gasteiger partial charge in [0, 0.05) is 30.1 Å². The molecule has 3 aromatic rings. The van der Waals surface area contributed by atoms with E-state index < -0.39 is 0 Å². The van der Waals surface area contributed by atoms with Crippen LogP contribution in [0.3, 0.4) is 0 Å². The molecule has 0 saturated carbocycles. The number of carbonyl (C=O) groups excluding carboxylic acids is 2. The van der Waals surface area contributed by atoms with Crippen molar-refractivity contribution in [2.75, 3.05) is 24.5 Å². The molecule has 0 spiro atoms. The van der Waals surface area contributed by atoms with Crippen molar-refractivity contribution in [3.8, 4) is 11.5 Å². The van der Waals surface area contributed by atoms with E-state index in [0.29, 0.717) is 28.4 Å². The molecule has 3 amide bonds. The molecule has 0 saturated heterocycles. The number of benzene rings is 3. The highest BCUT2D eigenvalue weighted by molar-refractivity contribution is 6.04. The average molecular weight is 417 g/mol. The predicted octanol–water partition coefficient (Wildman–Crippen LogP) is 4.89. The van der Waals surface area contributed by atoms with Crippen LogP contribution in [0.2, 0.25) is 0 Å². The van der Waals surface area contributed by atoms with Gasteiger partial charge in [-0.05, 0) is 48.9 Å². The molecule has 158 valence electrons. The molecule has 0 bridgehead atoms. The summed E-state index contributed by atoms with van der Waals surface area (Å²) < 4.78 is 10.6. The Morgan fingerprint density at radius 1 is 0.871 bits per heavy atom. The van der Waals surface area contributed by atoms with Gasteiger partial charge in [0.2, 0.25) is 6.79 Å². The number of hydrogen-bond acceptors (Lipinski definition) is 4. The fraction of sp³-hybridized carbons (Fsp3) is 0.167. The molecule has 1 atom stereocenters. The minimum atomic E-state index is -0.259. The zero-order valence-corrected chi connectivity index (χ0v) is 17.3. The van der Waals surface area contributed by atoms with E-state index in [1.807, 2.05) is 49.4 Å². The van der Waals surface area contributed by atoms with Crippen molar-refractivity contribution in [2.45, 2.75) is 13.0 Å². The third-order valence-electron chi connectivity index (χ3n) is 5.19. The monoisotopic (exact) mass is 417 g/mol. The molecule has 31 heavy (non-hydrogen) atoms. The number of amides is 3. The minimum absolute atomic E-state index is 0.181. The zero-order chi connectivity index (χ0) is 21.8. The highest BCUT2D eigenvalue weighted by atomic mass is 16.7. The predicted molar refractivity (Wildman–Crippen MR) is 119 cm³/mol. The van der Waals surface area contributed by atoms with Gasteiger partial charge in [-0.25, -0.2) is 4.79 Å². The van der Waals surface area contributed by atoms with Crippen LogP contribution in [-0.4, -0.2) is 30.7 Å². The Hall–Kier alpha value is -4.00. The molecule has 4 rings (SSSR count). The fourth-order valence-electron chi connectivity index (χ4n) is 3.25. The topological polar surface area (TPSA) is 79.9 Å². The van der Waals surface area contributed by atoms with Crippen LogP contribution in [-0.2, 0) is 0 Å². The van der Waals surface area contributed by atoms with Gasteiger partial charge in [0.05, 0.1) is 6.04 Å². The molecule has 0 fully saturated rings. The van der Waals surface area contributed by atoms with Crippen molar-refractivity contribution < 1.29 is 19.1 Å². The lowest BCUT2D eigenvalue weighted by Crippen LogP contribution is -2.33. The third kappa shape index (κ3) is 4.61. The number of hydrogen-bond donors (Lipinski definition) is 2. The highest BCUT2D eigenvalue weighted by Crippen LogP contribution is 2.34. The number of carbonyl (C=O) groups is 2. The van der Waals surface area contributed by atoms with Gasteiger partial charge < -0.3 is 25.0 Å². The number of ether oxygens (including phenoxy) is 2. The minimum Gasteiger partial charge on any atom is -0.454 e. The molecule has 1 unspecified atom stereocenters. The number of nitrogens with one attached hydrogen (secondary N) is 2. The Kier molecular flexibility index (Phi) is 5.75. The summed E-state index contributed by atoms with van der Waals surface area (Å²) >= 11 is 0. The number of urea groups is 1.